The van der Waals surface area contributed by atoms with E-state index in [0.717, 1.165) is 16.1 Å². The third kappa shape index (κ3) is 3.71. The minimum atomic E-state index is -3.73. The summed E-state index contributed by atoms with van der Waals surface area (Å²) in [5, 5.41) is 2.85. The molecule has 144 valence electrons. The number of thioether (sulfide) groups is 1. The lowest BCUT2D eigenvalue weighted by molar-refractivity contribution is -0.118. The summed E-state index contributed by atoms with van der Waals surface area (Å²) in [6.07, 6.45) is 2.59. The summed E-state index contributed by atoms with van der Waals surface area (Å²) in [5.41, 5.74) is 2.29. The van der Waals surface area contributed by atoms with Crippen LogP contribution in [0, 0.1) is 5.92 Å². The van der Waals surface area contributed by atoms with Crippen molar-refractivity contribution in [1.82, 2.24) is 0 Å². The van der Waals surface area contributed by atoms with Gasteiger partial charge in [-0.25, -0.2) is 8.42 Å². The molecule has 27 heavy (non-hydrogen) atoms. The third-order valence-corrected chi connectivity index (χ3v) is 7.37. The van der Waals surface area contributed by atoms with Crippen molar-refractivity contribution in [3.63, 3.8) is 0 Å². The Morgan fingerprint density at radius 2 is 1.93 bits per heavy atom. The number of anilines is 2. The number of hydrogen-bond acceptors (Lipinski definition) is 4. The molecule has 7 heteroatoms. The molecule has 1 aliphatic rings. The lowest BCUT2D eigenvalue weighted by atomic mass is 10.1. The number of nitrogens with one attached hydrogen (secondary N) is 1. The molecule has 0 saturated heterocycles. The molecule has 1 atom stereocenters. The number of fused-ring (bicyclic) bond motifs is 1. The van der Waals surface area contributed by atoms with E-state index < -0.39 is 10.0 Å². The molecule has 5 nitrogen and oxygen atoms in total. The molecule has 0 fully saturated rings. The summed E-state index contributed by atoms with van der Waals surface area (Å²) in [6.45, 7) is 5.52. The van der Waals surface area contributed by atoms with Gasteiger partial charge < -0.3 is 5.32 Å². The maximum absolute atomic E-state index is 13.4. The Morgan fingerprint density at radius 3 is 2.59 bits per heavy atom. The number of para-hydroxylation sites is 1. The SMILES string of the molecule is CSc1ccc(S(=O)(=O)N2c3ccccc3CC2C)cc1NC(=O)C(C)C. The van der Waals surface area contributed by atoms with E-state index >= 15 is 0 Å². The molecule has 0 radical (unpaired) electrons. The minimum Gasteiger partial charge on any atom is -0.325 e. The van der Waals surface area contributed by atoms with E-state index in [1.165, 1.54) is 16.1 Å². The molecule has 1 unspecified atom stereocenters. The highest BCUT2D eigenvalue weighted by Gasteiger charge is 2.36. The Bertz CT molecular complexity index is 971. The Labute approximate surface area is 165 Å². The largest absolute Gasteiger partial charge is 0.325 e. The van der Waals surface area contributed by atoms with Crippen molar-refractivity contribution in [2.45, 2.75) is 43.0 Å². The number of amides is 1. The van der Waals surface area contributed by atoms with Gasteiger partial charge in [-0.05, 0) is 49.4 Å². The molecule has 1 heterocycles. The van der Waals surface area contributed by atoms with Crippen LogP contribution in [-0.2, 0) is 21.2 Å². The second-order valence-electron chi connectivity index (χ2n) is 6.99. The summed E-state index contributed by atoms with van der Waals surface area (Å²) in [6, 6.07) is 12.4. The van der Waals surface area contributed by atoms with Gasteiger partial charge in [0.2, 0.25) is 5.91 Å². The summed E-state index contributed by atoms with van der Waals surface area (Å²) in [5.74, 6) is -0.329. The Balaban J connectivity index is 2.04. The first-order valence-electron chi connectivity index (χ1n) is 8.87. The van der Waals surface area contributed by atoms with Gasteiger partial charge in [0.1, 0.15) is 0 Å². The first kappa shape index (κ1) is 19.8. The normalized spacial score (nSPS) is 16.5. The van der Waals surface area contributed by atoms with Gasteiger partial charge >= 0.3 is 0 Å². The Morgan fingerprint density at radius 1 is 1.22 bits per heavy atom. The van der Waals surface area contributed by atoms with Crippen LogP contribution < -0.4 is 9.62 Å². The van der Waals surface area contributed by atoms with Crippen LogP contribution in [0.3, 0.4) is 0 Å². The number of benzene rings is 2. The molecule has 2 aromatic rings. The van der Waals surface area contributed by atoms with Crippen molar-refractivity contribution >= 4 is 39.1 Å². The van der Waals surface area contributed by atoms with Crippen LogP contribution in [-0.4, -0.2) is 26.6 Å². The monoisotopic (exact) mass is 404 g/mol. The summed E-state index contributed by atoms with van der Waals surface area (Å²) < 4.78 is 28.3. The lowest BCUT2D eigenvalue weighted by Gasteiger charge is -2.25. The van der Waals surface area contributed by atoms with Gasteiger partial charge in [-0.15, -0.1) is 11.8 Å². The number of rotatable bonds is 5. The van der Waals surface area contributed by atoms with Crippen LogP contribution in [0.1, 0.15) is 26.3 Å². The van der Waals surface area contributed by atoms with Crippen molar-refractivity contribution in [3.05, 3.63) is 48.0 Å². The third-order valence-electron chi connectivity index (χ3n) is 4.65. The molecule has 0 saturated carbocycles. The second-order valence-corrected chi connectivity index (χ2v) is 9.65. The van der Waals surface area contributed by atoms with Crippen molar-refractivity contribution < 1.29 is 13.2 Å². The maximum Gasteiger partial charge on any atom is 0.264 e. The first-order chi connectivity index (χ1) is 12.8. The van der Waals surface area contributed by atoms with E-state index in [-0.39, 0.29) is 22.8 Å². The number of sulfonamides is 1. The molecule has 1 amide bonds. The van der Waals surface area contributed by atoms with Gasteiger partial charge in [-0.2, -0.15) is 0 Å². The van der Waals surface area contributed by atoms with Crippen molar-refractivity contribution in [2.24, 2.45) is 5.92 Å². The lowest BCUT2D eigenvalue weighted by Crippen LogP contribution is -2.35. The van der Waals surface area contributed by atoms with Gasteiger partial charge in [0.15, 0.2) is 0 Å². The van der Waals surface area contributed by atoms with E-state index in [1.807, 2.05) is 37.4 Å². The quantitative estimate of drug-likeness (QED) is 0.761. The number of carbonyl (C=O) groups is 1. The Hall–Kier alpha value is -1.99. The minimum absolute atomic E-state index is 0.139. The fourth-order valence-electron chi connectivity index (χ4n) is 3.24. The van der Waals surface area contributed by atoms with Crippen molar-refractivity contribution in [3.8, 4) is 0 Å². The number of hydrogen-bond donors (Lipinski definition) is 1. The fourth-order valence-corrected chi connectivity index (χ4v) is 5.49. The second kappa shape index (κ2) is 7.56. The molecule has 0 aromatic heterocycles. The maximum atomic E-state index is 13.4. The van der Waals surface area contributed by atoms with Crippen LogP contribution in [0.5, 0.6) is 0 Å². The Kier molecular flexibility index (Phi) is 5.53. The first-order valence-corrected chi connectivity index (χ1v) is 11.5. The highest BCUT2D eigenvalue weighted by molar-refractivity contribution is 7.98. The smallest absolute Gasteiger partial charge is 0.264 e. The van der Waals surface area contributed by atoms with E-state index in [2.05, 4.69) is 5.32 Å². The van der Waals surface area contributed by atoms with Crippen LogP contribution in [0.15, 0.2) is 52.3 Å². The zero-order chi connectivity index (χ0) is 19.8. The number of carbonyl (C=O) groups excluding carboxylic acids is 1. The van der Waals surface area contributed by atoms with Gasteiger partial charge in [0, 0.05) is 16.9 Å². The standard InChI is InChI=1S/C20H24N2O3S2/c1-13(2)20(23)21-17-12-16(9-10-19(17)26-4)27(24,25)22-14(3)11-15-7-5-6-8-18(15)22/h5-10,12-14H,11H2,1-4H3,(H,21,23). The van der Waals surface area contributed by atoms with Gasteiger partial charge in [0.25, 0.3) is 10.0 Å². The average Bonchev–Trinajstić information content (AvgIpc) is 2.97. The van der Waals surface area contributed by atoms with E-state index in [1.54, 1.807) is 32.0 Å². The predicted octanol–water partition coefficient (Wildman–Crippen LogP) is 4.14. The van der Waals surface area contributed by atoms with Gasteiger partial charge in [0.05, 0.1) is 16.3 Å². The zero-order valence-electron chi connectivity index (χ0n) is 15.9. The van der Waals surface area contributed by atoms with Crippen molar-refractivity contribution in [1.29, 1.82) is 0 Å². The fraction of sp³-hybridized carbons (Fsp3) is 0.350. The van der Waals surface area contributed by atoms with E-state index in [9.17, 15) is 13.2 Å². The molecule has 1 aliphatic heterocycles. The van der Waals surface area contributed by atoms with E-state index in [4.69, 9.17) is 0 Å². The zero-order valence-corrected chi connectivity index (χ0v) is 17.5. The van der Waals surface area contributed by atoms with Gasteiger partial charge in [-0.3, -0.25) is 9.10 Å². The highest BCUT2D eigenvalue weighted by Crippen LogP contribution is 2.38. The highest BCUT2D eigenvalue weighted by atomic mass is 32.2. The molecule has 1 N–H and O–H groups in total. The molecule has 0 aliphatic carbocycles. The summed E-state index contributed by atoms with van der Waals surface area (Å²) in [4.78, 5) is 13.1. The summed E-state index contributed by atoms with van der Waals surface area (Å²) in [7, 11) is -3.73. The van der Waals surface area contributed by atoms with Crippen LogP contribution >= 0.6 is 11.8 Å². The predicted molar refractivity (Wildman–Crippen MR) is 111 cm³/mol. The summed E-state index contributed by atoms with van der Waals surface area (Å²) >= 11 is 1.47. The van der Waals surface area contributed by atoms with Crippen molar-refractivity contribution in [2.75, 3.05) is 15.9 Å². The molecular weight excluding hydrogens is 380 g/mol. The molecule has 2 aromatic carbocycles. The molecule has 3 rings (SSSR count). The van der Waals surface area contributed by atoms with Crippen LogP contribution in [0.25, 0.3) is 0 Å². The topological polar surface area (TPSA) is 66.5 Å². The van der Waals surface area contributed by atoms with Crippen LogP contribution in [0.4, 0.5) is 11.4 Å². The van der Waals surface area contributed by atoms with Gasteiger partial charge in [-0.1, -0.05) is 32.0 Å². The number of nitrogens with zero attached hydrogens (tertiary/aromatic N) is 1. The molecular formula is C20H24N2O3S2. The molecule has 0 bridgehead atoms. The van der Waals surface area contributed by atoms with E-state index in [0.29, 0.717) is 12.1 Å². The van der Waals surface area contributed by atoms with Crippen LogP contribution in [0.2, 0.25) is 0 Å². The average molecular weight is 405 g/mol. The molecule has 0 spiro atoms.